The van der Waals surface area contributed by atoms with E-state index in [1.54, 1.807) is 6.92 Å². The third-order valence-electron chi connectivity index (χ3n) is 2.71. The molecule has 5 atom stereocenters. The lowest BCUT2D eigenvalue weighted by atomic mass is 9.80. The van der Waals surface area contributed by atoms with Crippen molar-refractivity contribution in [3.8, 4) is 0 Å². The lowest BCUT2D eigenvalue weighted by Gasteiger charge is -2.44. The lowest BCUT2D eigenvalue weighted by molar-refractivity contribution is -0.239. The summed E-state index contributed by atoms with van der Waals surface area (Å²) in [5.74, 6) is 0. The highest BCUT2D eigenvalue weighted by Crippen LogP contribution is 2.32. The summed E-state index contributed by atoms with van der Waals surface area (Å²) in [6, 6.07) is 0. The van der Waals surface area contributed by atoms with Crippen molar-refractivity contribution in [2.24, 2.45) is 5.41 Å². The second-order valence-electron chi connectivity index (χ2n) is 5.10. The molecular formula is C10H20O4. The van der Waals surface area contributed by atoms with Crippen molar-refractivity contribution in [1.82, 2.24) is 0 Å². The monoisotopic (exact) mass is 204 g/mol. The van der Waals surface area contributed by atoms with Gasteiger partial charge in [-0.3, -0.25) is 0 Å². The van der Waals surface area contributed by atoms with Crippen molar-refractivity contribution >= 4 is 0 Å². The van der Waals surface area contributed by atoms with Crippen molar-refractivity contribution in [3.05, 3.63) is 0 Å². The predicted molar refractivity (Wildman–Crippen MR) is 51.8 cm³/mol. The number of ether oxygens (including phenoxy) is 1. The molecule has 1 saturated heterocycles. The van der Waals surface area contributed by atoms with E-state index in [2.05, 4.69) is 0 Å². The van der Waals surface area contributed by atoms with E-state index < -0.39 is 30.5 Å². The fourth-order valence-corrected chi connectivity index (χ4v) is 1.77. The Kier molecular flexibility index (Phi) is 3.21. The van der Waals surface area contributed by atoms with Gasteiger partial charge in [-0.25, -0.2) is 0 Å². The zero-order valence-electron chi connectivity index (χ0n) is 9.14. The Balaban J connectivity index is 2.81. The van der Waals surface area contributed by atoms with Gasteiger partial charge in [0.15, 0.2) is 0 Å². The van der Waals surface area contributed by atoms with Crippen LogP contribution in [0.4, 0.5) is 0 Å². The second kappa shape index (κ2) is 3.77. The van der Waals surface area contributed by atoms with Gasteiger partial charge in [0.25, 0.3) is 0 Å². The summed E-state index contributed by atoms with van der Waals surface area (Å²) < 4.78 is 5.49. The first-order valence-corrected chi connectivity index (χ1v) is 4.95. The molecule has 4 heteroatoms. The van der Waals surface area contributed by atoms with Gasteiger partial charge < -0.3 is 20.1 Å². The van der Waals surface area contributed by atoms with E-state index in [0.717, 1.165) is 0 Å². The number of rotatable bonds is 0. The Bertz CT molecular complexity index is 199. The molecule has 1 fully saturated rings. The molecule has 0 radical (unpaired) electrons. The average Bonchev–Trinajstić information content (AvgIpc) is 2.06. The number of aliphatic hydroxyl groups excluding tert-OH is 3. The van der Waals surface area contributed by atoms with Crippen LogP contribution in [0.1, 0.15) is 27.7 Å². The Morgan fingerprint density at radius 1 is 0.929 bits per heavy atom. The Hall–Kier alpha value is -0.160. The summed E-state index contributed by atoms with van der Waals surface area (Å²) in [6.45, 7) is 7.48. The first-order valence-electron chi connectivity index (χ1n) is 4.95. The molecular weight excluding hydrogens is 184 g/mol. The van der Waals surface area contributed by atoms with Crippen LogP contribution in [0, 0.1) is 5.41 Å². The van der Waals surface area contributed by atoms with Gasteiger partial charge >= 0.3 is 0 Å². The normalized spacial score (nSPS) is 45.2. The number of aliphatic hydroxyl groups is 3. The molecule has 0 saturated carbocycles. The molecule has 84 valence electrons. The fraction of sp³-hybridized carbons (Fsp3) is 1.00. The van der Waals surface area contributed by atoms with Gasteiger partial charge in [-0.15, -0.1) is 0 Å². The standard InChI is InChI=1S/C10H20O4/c1-5-6(11)7(12)8(13)9(14-5)10(2,3)4/h5-9,11-13H,1-4H3/t5-,6+,7?,8?,9-/m0/s1. The molecule has 2 unspecified atom stereocenters. The Morgan fingerprint density at radius 2 is 1.43 bits per heavy atom. The minimum absolute atomic E-state index is 0.255. The van der Waals surface area contributed by atoms with Crippen LogP contribution in [-0.2, 0) is 4.74 Å². The summed E-state index contributed by atoms with van der Waals surface area (Å²) in [5, 5.41) is 28.8. The van der Waals surface area contributed by atoms with E-state index in [1.807, 2.05) is 20.8 Å². The van der Waals surface area contributed by atoms with Gasteiger partial charge in [0.1, 0.15) is 18.3 Å². The van der Waals surface area contributed by atoms with Crippen LogP contribution in [-0.4, -0.2) is 45.8 Å². The highest BCUT2D eigenvalue weighted by atomic mass is 16.5. The third-order valence-corrected chi connectivity index (χ3v) is 2.71. The molecule has 0 aromatic heterocycles. The summed E-state index contributed by atoms with van der Waals surface area (Å²) in [5.41, 5.74) is -0.255. The predicted octanol–water partition coefficient (Wildman–Crippen LogP) is -0.0975. The molecule has 0 aliphatic carbocycles. The molecule has 0 aromatic carbocycles. The first kappa shape index (κ1) is 11.9. The van der Waals surface area contributed by atoms with Gasteiger partial charge in [-0.1, -0.05) is 20.8 Å². The molecule has 0 bridgehead atoms. The van der Waals surface area contributed by atoms with Crippen LogP contribution in [0.2, 0.25) is 0 Å². The van der Waals surface area contributed by atoms with Crippen molar-refractivity contribution < 1.29 is 20.1 Å². The van der Waals surface area contributed by atoms with Crippen LogP contribution in [0.15, 0.2) is 0 Å². The van der Waals surface area contributed by atoms with Crippen LogP contribution < -0.4 is 0 Å². The Morgan fingerprint density at radius 3 is 1.86 bits per heavy atom. The summed E-state index contributed by atoms with van der Waals surface area (Å²) in [6.07, 6.45) is -4.05. The van der Waals surface area contributed by atoms with Crippen LogP contribution >= 0.6 is 0 Å². The topological polar surface area (TPSA) is 69.9 Å². The Labute approximate surface area is 84.5 Å². The lowest BCUT2D eigenvalue weighted by Crippen LogP contribution is -2.59. The molecule has 1 aliphatic rings. The van der Waals surface area contributed by atoms with E-state index in [-0.39, 0.29) is 5.41 Å². The second-order valence-corrected chi connectivity index (χ2v) is 5.10. The highest BCUT2D eigenvalue weighted by Gasteiger charge is 2.46. The molecule has 0 spiro atoms. The molecule has 0 aromatic rings. The maximum atomic E-state index is 9.73. The van der Waals surface area contributed by atoms with Crippen molar-refractivity contribution in [2.75, 3.05) is 0 Å². The van der Waals surface area contributed by atoms with Crippen LogP contribution in [0.25, 0.3) is 0 Å². The quantitative estimate of drug-likeness (QED) is 0.515. The zero-order chi connectivity index (χ0) is 11.1. The van der Waals surface area contributed by atoms with Gasteiger partial charge in [-0.2, -0.15) is 0 Å². The van der Waals surface area contributed by atoms with E-state index in [9.17, 15) is 15.3 Å². The van der Waals surface area contributed by atoms with Crippen molar-refractivity contribution in [1.29, 1.82) is 0 Å². The molecule has 4 nitrogen and oxygen atoms in total. The minimum Gasteiger partial charge on any atom is -0.388 e. The van der Waals surface area contributed by atoms with Gasteiger partial charge in [0.2, 0.25) is 0 Å². The smallest absolute Gasteiger partial charge is 0.111 e. The van der Waals surface area contributed by atoms with Crippen molar-refractivity contribution in [3.63, 3.8) is 0 Å². The summed E-state index contributed by atoms with van der Waals surface area (Å²) in [4.78, 5) is 0. The molecule has 0 amide bonds. The molecule has 14 heavy (non-hydrogen) atoms. The van der Waals surface area contributed by atoms with E-state index in [1.165, 1.54) is 0 Å². The number of hydrogen-bond acceptors (Lipinski definition) is 4. The SMILES string of the molecule is C[C@@H]1O[C@H](C(C)(C)C)C(O)C(O)[C@@H]1O. The summed E-state index contributed by atoms with van der Waals surface area (Å²) in [7, 11) is 0. The minimum atomic E-state index is -1.12. The fourth-order valence-electron chi connectivity index (χ4n) is 1.77. The van der Waals surface area contributed by atoms with Crippen LogP contribution in [0.3, 0.4) is 0 Å². The molecule has 1 aliphatic heterocycles. The van der Waals surface area contributed by atoms with Crippen molar-refractivity contribution in [2.45, 2.75) is 58.2 Å². The van der Waals surface area contributed by atoms with Gasteiger partial charge in [-0.05, 0) is 12.3 Å². The third kappa shape index (κ3) is 2.08. The first-order chi connectivity index (χ1) is 6.25. The number of hydrogen-bond donors (Lipinski definition) is 3. The molecule has 1 rings (SSSR count). The van der Waals surface area contributed by atoms with Crippen LogP contribution in [0.5, 0.6) is 0 Å². The average molecular weight is 204 g/mol. The maximum absolute atomic E-state index is 9.73. The van der Waals surface area contributed by atoms with E-state index in [0.29, 0.717) is 0 Å². The molecule has 1 heterocycles. The summed E-state index contributed by atoms with van der Waals surface area (Å²) >= 11 is 0. The van der Waals surface area contributed by atoms with E-state index >= 15 is 0 Å². The van der Waals surface area contributed by atoms with Gasteiger partial charge in [0, 0.05) is 0 Å². The highest BCUT2D eigenvalue weighted by molar-refractivity contribution is 4.95. The maximum Gasteiger partial charge on any atom is 0.111 e. The molecule has 3 N–H and O–H groups in total. The largest absolute Gasteiger partial charge is 0.388 e. The zero-order valence-corrected chi connectivity index (χ0v) is 9.14. The van der Waals surface area contributed by atoms with E-state index in [4.69, 9.17) is 4.74 Å². The van der Waals surface area contributed by atoms with Gasteiger partial charge in [0.05, 0.1) is 12.2 Å².